The molecule has 2 aliphatic rings. The van der Waals surface area contributed by atoms with Crippen LogP contribution in [0, 0.1) is 5.92 Å². The van der Waals surface area contributed by atoms with Gasteiger partial charge < -0.3 is 42.8 Å². The van der Waals surface area contributed by atoms with E-state index in [0.717, 1.165) is 61.6 Å². The van der Waals surface area contributed by atoms with Gasteiger partial charge in [-0.05, 0) is 104 Å². The number of rotatable bonds is 23. The maximum Gasteiger partial charge on any atom is 0.329 e. The molecule has 5 rings (SSSR count). The number of esters is 1. The zero-order chi connectivity index (χ0) is 42.0. The molecular weight excluding hydrogens is 751 g/mol. The molecule has 320 valence electrons. The fraction of sp³-hybridized carbons (Fsp3) is 0.500. The van der Waals surface area contributed by atoms with E-state index in [-0.39, 0.29) is 11.8 Å². The minimum absolute atomic E-state index is 0.0729. The van der Waals surface area contributed by atoms with Crippen molar-refractivity contribution in [2.45, 2.75) is 88.7 Å². The van der Waals surface area contributed by atoms with Gasteiger partial charge in [0.25, 0.3) is 0 Å². The Labute approximate surface area is 350 Å². The molecule has 1 saturated heterocycles. The molecule has 0 bridgehead atoms. The second kappa shape index (κ2) is 23.4. The van der Waals surface area contributed by atoms with E-state index in [1.54, 1.807) is 45.5 Å². The van der Waals surface area contributed by atoms with E-state index in [2.05, 4.69) is 13.2 Å². The van der Waals surface area contributed by atoms with Crippen molar-refractivity contribution in [3.05, 3.63) is 96.6 Å². The number of amides is 1. The summed E-state index contributed by atoms with van der Waals surface area (Å²) in [6.45, 7) is 9.66. The number of carbonyl (C=O) groups is 2. The predicted octanol–water partition coefficient (Wildman–Crippen LogP) is 9.22. The van der Waals surface area contributed by atoms with Gasteiger partial charge >= 0.3 is 5.97 Å². The summed E-state index contributed by atoms with van der Waals surface area (Å²) in [5.41, 5.74) is 2.60. The van der Waals surface area contributed by atoms with Crippen LogP contribution in [-0.4, -0.2) is 84.2 Å². The number of methoxy groups -OCH3 is 4. The first kappa shape index (κ1) is 44.9. The minimum atomic E-state index is -0.738. The van der Waals surface area contributed by atoms with Crippen molar-refractivity contribution >= 4 is 11.9 Å². The van der Waals surface area contributed by atoms with Gasteiger partial charge in [0.15, 0.2) is 23.0 Å². The lowest BCUT2D eigenvalue weighted by atomic mass is 9.75. The van der Waals surface area contributed by atoms with Gasteiger partial charge in [-0.2, -0.15) is 0 Å². The van der Waals surface area contributed by atoms with Gasteiger partial charge in [0.1, 0.15) is 24.5 Å². The van der Waals surface area contributed by atoms with Crippen molar-refractivity contribution in [1.29, 1.82) is 0 Å². The van der Waals surface area contributed by atoms with Crippen molar-refractivity contribution in [2.75, 3.05) is 61.4 Å². The average molecular weight is 814 g/mol. The lowest BCUT2D eigenvalue weighted by Gasteiger charge is -2.40. The van der Waals surface area contributed by atoms with Crippen LogP contribution in [0.15, 0.2) is 79.9 Å². The third-order valence-electron chi connectivity index (χ3n) is 11.2. The Morgan fingerprint density at radius 3 is 2.22 bits per heavy atom. The molecule has 0 N–H and O–H groups in total. The van der Waals surface area contributed by atoms with Crippen LogP contribution in [0.4, 0.5) is 0 Å². The van der Waals surface area contributed by atoms with Gasteiger partial charge in [-0.25, -0.2) is 4.79 Å². The van der Waals surface area contributed by atoms with Gasteiger partial charge in [0.2, 0.25) is 11.7 Å². The van der Waals surface area contributed by atoms with Crippen molar-refractivity contribution in [1.82, 2.24) is 4.90 Å². The molecule has 59 heavy (non-hydrogen) atoms. The summed E-state index contributed by atoms with van der Waals surface area (Å²) in [4.78, 5) is 31.5. The van der Waals surface area contributed by atoms with E-state index in [4.69, 9.17) is 37.9 Å². The van der Waals surface area contributed by atoms with Crippen molar-refractivity contribution in [3.8, 4) is 34.5 Å². The quantitative estimate of drug-likeness (QED) is 0.0522. The topological polar surface area (TPSA) is 111 Å². The third kappa shape index (κ3) is 12.2. The number of carbonyl (C=O) groups excluding carboxylic acids is 2. The van der Waals surface area contributed by atoms with E-state index in [1.165, 1.54) is 0 Å². The van der Waals surface area contributed by atoms with Crippen LogP contribution in [0.25, 0.3) is 0 Å². The molecule has 1 aliphatic heterocycles. The smallest absolute Gasteiger partial charge is 0.329 e. The Morgan fingerprint density at radius 2 is 1.49 bits per heavy atom. The SMILES string of the molecule is C=CCOCCCOc1cc([C@@H](C(=O)N2CCCC[C@@H]2C(=O)O[C@@H](CCc2ccc(OC)c(OC)c2)c2cccc(OCC=C)c2)C2CCCCC2)cc(OC)c1OC. The summed E-state index contributed by atoms with van der Waals surface area (Å²) < 4.78 is 46.8. The first-order valence-corrected chi connectivity index (χ1v) is 21.0. The standard InChI is InChI=1S/C48H63NO10/c1-7-26-56-28-15-29-58-44-33-37(32-43(54-5)46(44)55-6)45(35-16-10-9-11-17-35)47(50)49-25-13-12-20-39(49)48(51)59-40(36-18-14-19-38(31-36)57-27-8-2)23-21-34-22-24-41(52-3)42(30-34)53-4/h7-8,14,18-19,22,24,30-33,35,39-40,45H,1-2,9-13,15-17,20-21,23,25-29H2,3-6H3/t39-,40+,45+/m1/s1. The van der Waals surface area contributed by atoms with E-state index < -0.39 is 24.0 Å². The Morgan fingerprint density at radius 1 is 0.746 bits per heavy atom. The zero-order valence-electron chi connectivity index (χ0n) is 35.4. The lowest BCUT2D eigenvalue weighted by Crippen LogP contribution is -2.51. The predicted molar refractivity (Wildman–Crippen MR) is 228 cm³/mol. The molecule has 2 fully saturated rings. The molecule has 0 aromatic heterocycles. The van der Waals surface area contributed by atoms with Gasteiger partial charge in [-0.1, -0.05) is 56.2 Å². The number of piperidine rings is 1. The number of hydrogen-bond donors (Lipinski definition) is 0. The Hall–Kier alpha value is -5.16. The highest BCUT2D eigenvalue weighted by atomic mass is 16.5. The molecule has 3 aromatic carbocycles. The highest BCUT2D eigenvalue weighted by Crippen LogP contribution is 2.45. The number of ether oxygens (including phenoxy) is 8. The molecule has 1 heterocycles. The molecule has 3 aromatic rings. The molecule has 0 unspecified atom stereocenters. The molecule has 0 spiro atoms. The van der Waals surface area contributed by atoms with Crippen LogP contribution >= 0.6 is 0 Å². The number of likely N-dealkylation sites (tertiary alicyclic amines) is 1. The molecule has 1 aliphatic carbocycles. The second-order valence-corrected chi connectivity index (χ2v) is 15.1. The average Bonchev–Trinajstić information content (AvgIpc) is 3.28. The molecule has 1 amide bonds. The highest BCUT2D eigenvalue weighted by molar-refractivity contribution is 5.89. The van der Waals surface area contributed by atoms with Gasteiger partial charge in [0.05, 0.1) is 54.2 Å². The first-order chi connectivity index (χ1) is 28.8. The molecule has 1 saturated carbocycles. The lowest BCUT2D eigenvalue weighted by molar-refractivity contribution is -0.163. The fourth-order valence-electron chi connectivity index (χ4n) is 8.26. The van der Waals surface area contributed by atoms with E-state index in [0.29, 0.717) is 93.2 Å². The van der Waals surface area contributed by atoms with E-state index >= 15 is 4.79 Å². The van der Waals surface area contributed by atoms with Gasteiger partial charge in [0, 0.05) is 13.0 Å². The van der Waals surface area contributed by atoms with Crippen LogP contribution in [0.5, 0.6) is 34.5 Å². The number of hydrogen-bond acceptors (Lipinski definition) is 10. The maximum atomic E-state index is 15.2. The first-order valence-electron chi connectivity index (χ1n) is 21.0. The molecule has 11 heteroatoms. The maximum absolute atomic E-state index is 15.2. The summed E-state index contributed by atoms with van der Waals surface area (Å²) >= 11 is 0. The monoisotopic (exact) mass is 813 g/mol. The van der Waals surface area contributed by atoms with Crippen LogP contribution in [0.3, 0.4) is 0 Å². The normalized spacial score (nSPS) is 16.6. The largest absolute Gasteiger partial charge is 0.493 e. The number of aryl methyl sites for hydroxylation is 1. The fourth-order valence-corrected chi connectivity index (χ4v) is 8.26. The summed E-state index contributed by atoms with van der Waals surface area (Å²) in [6.07, 6.45) is 11.7. The second-order valence-electron chi connectivity index (χ2n) is 15.1. The van der Waals surface area contributed by atoms with Crippen molar-refractivity contribution in [3.63, 3.8) is 0 Å². The summed E-state index contributed by atoms with van der Waals surface area (Å²) in [5.74, 6) is 2.47. The number of benzene rings is 3. The van der Waals surface area contributed by atoms with Crippen molar-refractivity contribution in [2.24, 2.45) is 5.92 Å². The zero-order valence-corrected chi connectivity index (χ0v) is 35.4. The molecule has 3 atom stereocenters. The Bertz CT molecular complexity index is 1820. The number of nitrogens with zero attached hydrogens (tertiary/aromatic N) is 1. The highest BCUT2D eigenvalue weighted by Gasteiger charge is 2.41. The van der Waals surface area contributed by atoms with Gasteiger partial charge in [-0.3, -0.25) is 4.79 Å². The van der Waals surface area contributed by atoms with Crippen molar-refractivity contribution < 1.29 is 47.5 Å². The van der Waals surface area contributed by atoms with Crippen LogP contribution in [0.2, 0.25) is 0 Å². The third-order valence-corrected chi connectivity index (χ3v) is 11.2. The van der Waals surface area contributed by atoms with E-state index in [1.807, 2.05) is 54.6 Å². The van der Waals surface area contributed by atoms with Crippen LogP contribution in [-0.2, 0) is 25.5 Å². The Balaban J connectivity index is 1.44. The molecule has 11 nitrogen and oxygen atoms in total. The van der Waals surface area contributed by atoms with E-state index in [9.17, 15) is 4.79 Å². The minimum Gasteiger partial charge on any atom is -0.493 e. The summed E-state index contributed by atoms with van der Waals surface area (Å²) in [5, 5.41) is 0. The Kier molecular flexibility index (Phi) is 17.8. The van der Waals surface area contributed by atoms with Crippen LogP contribution < -0.4 is 28.4 Å². The van der Waals surface area contributed by atoms with Crippen LogP contribution in [0.1, 0.15) is 92.9 Å². The molecule has 0 radical (unpaired) electrons. The summed E-state index contributed by atoms with van der Waals surface area (Å²) in [7, 11) is 6.39. The molecular formula is C48H63NO10. The summed E-state index contributed by atoms with van der Waals surface area (Å²) in [6, 6.07) is 16.5. The van der Waals surface area contributed by atoms with Gasteiger partial charge in [-0.15, -0.1) is 6.58 Å².